The molecule has 20 heavy (non-hydrogen) atoms. The predicted octanol–water partition coefficient (Wildman–Crippen LogP) is 3.18. The molecule has 3 unspecified atom stereocenters. The van der Waals surface area contributed by atoms with E-state index < -0.39 is 0 Å². The molecule has 4 heteroatoms. The second-order valence-corrected chi connectivity index (χ2v) is 6.92. The molecule has 0 radical (unpaired) electrons. The van der Waals surface area contributed by atoms with Crippen LogP contribution < -0.4 is 11.1 Å². The first kappa shape index (κ1) is 13.8. The third kappa shape index (κ3) is 2.53. The molecule has 108 valence electrons. The Balaban J connectivity index is 1.75. The lowest BCUT2D eigenvalue weighted by molar-refractivity contribution is 0.348. The molecule has 3 rings (SSSR count). The Hall–Kier alpha value is -1.16. The molecule has 2 bridgehead atoms. The largest absolute Gasteiger partial charge is 0.389 e. The number of hydrogen-bond donors (Lipinski definition) is 2. The molecule has 3 atom stereocenters. The van der Waals surface area contributed by atoms with E-state index in [0.29, 0.717) is 4.99 Å². The highest BCUT2D eigenvalue weighted by molar-refractivity contribution is 7.80. The summed E-state index contributed by atoms with van der Waals surface area (Å²) in [4.78, 5) is 5.04. The molecule has 2 aliphatic carbocycles. The number of nitrogens with two attached hydrogens (primary N) is 1. The molecular weight excluding hydrogens is 266 g/mol. The smallest absolute Gasteiger partial charge is 0.136 e. The van der Waals surface area contributed by atoms with E-state index in [4.69, 9.17) is 18.0 Å². The maximum absolute atomic E-state index is 5.86. The van der Waals surface area contributed by atoms with Gasteiger partial charge in [-0.05, 0) is 62.5 Å². The Labute approximate surface area is 126 Å². The lowest BCUT2D eigenvalue weighted by Crippen LogP contribution is -2.23. The maximum Gasteiger partial charge on any atom is 0.136 e. The van der Waals surface area contributed by atoms with Crippen LogP contribution >= 0.6 is 12.2 Å². The van der Waals surface area contributed by atoms with Crippen LogP contribution in [-0.2, 0) is 0 Å². The Morgan fingerprint density at radius 1 is 1.40 bits per heavy atom. The summed E-state index contributed by atoms with van der Waals surface area (Å²) >= 11 is 5.18. The predicted molar refractivity (Wildman–Crippen MR) is 87.0 cm³/mol. The summed E-state index contributed by atoms with van der Waals surface area (Å²) in [5.41, 5.74) is 8.90. The zero-order valence-corrected chi connectivity index (χ0v) is 13.1. The SMILES string of the molecule is Cc1cc(C)c(C(N)=S)c(NCC2CC3CCC2C3)n1. The summed E-state index contributed by atoms with van der Waals surface area (Å²) in [5.74, 6) is 3.58. The minimum Gasteiger partial charge on any atom is -0.389 e. The van der Waals surface area contributed by atoms with E-state index in [1.165, 1.54) is 25.7 Å². The van der Waals surface area contributed by atoms with Crippen molar-refractivity contribution in [1.29, 1.82) is 0 Å². The number of nitrogens with zero attached hydrogens (tertiary/aromatic N) is 1. The lowest BCUT2D eigenvalue weighted by atomic mass is 9.89. The normalized spacial score (nSPS) is 27.8. The van der Waals surface area contributed by atoms with Gasteiger partial charge in [-0.15, -0.1) is 0 Å². The highest BCUT2D eigenvalue weighted by Gasteiger charge is 2.39. The number of aromatic nitrogens is 1. The van der Waals surface area contributed by atoms with E-state index in [0.717, 1.165) is 46.9 Å². The van der Waals surface area contributed by atoms with Gasteiger partial charge >= 0.3 is 0 Å². The van der Waals surface area contributed by atoms with Crippen molar-refractivity contribution < 1.29 is 0 Å². The van der Waals surface area contributed by atoms with Crippen LogP contribution in [-0.4, -0.2) is 16.5 Å². The van der Waals surface area contributed by atoms with Crippen molar-refractivity contribution in [2.75, 3.05) is 11.9 Å². The Kier molecular flexibility index (Phi) is 3.67. The van der Waals surface area contributed by atoms with Crippen molar-refractivity contribution in [1.82, 2.24) is 4.98 Å². The molecule has 3 N–H and O–H groups in total. The molecule has 0 saturated heterocycles. The summed E-state index contributed by atoms with van der Waals surface area (Å²) in [6.45, 7) is 5.07. The van der Waals surface area contributed by atoms with Gasteiger partial charge in [-0.25, -0.2) is 4.98 Å². The number of pyridine rings is 1. The van der Waals surface area contributed by atoms with Crippen molar-refractivity contribution in [2.24, 2.45) is 23.5 Å². The Morgan fingerprint density at radius 2 is 2.20 bits per heavy atom. The van der Waals surface area contributed by atoms with E-state index in [2.05, 4.69) is 10.3 Å². The van der Waals surface area contributed by atoms with Crippen molar-refractivity contribution in [3.8, 4) is 0 Å². The van der Waals surface area contributed by atoms with Crippen LogP contribution in [0.15, 0.2) is 6.07 Å². The zero-order valence-electron chi connectivity index (χ0n) is 12.3. The van der Waals surface area contributed by atoms with Crippen LogP contribution in [0.5, 0.6) is 0 Å². The fourth-order valence-electron chi connectivity index (χ4n) is 4.13. The number of thiocarbonyl (C=S) groups is 1. The van der Waals surface area contributed by atoms with Gasteiger partial charge in [-0.1, -0.05) is 18.6 Å². The molecule has 3 nitrogen and oxygen atoms in total. The van der Waals surface area contributed by atoms with Gasteiger partial charge in [0.25, 0.3) is 0 Å². The average molecular weight is 289 g/mol. The quantitative estimate of drug-likeness (QED) is 0.836. The van der Waals surface area contributed by atoms with Gasteiger partial charge in [0.15, 0.2) is 0 Å². The highest BCUT2D eigenvalue weighted by atomic mass is 32.1. The molecular formula is C16H23N3S. The summed E-state index contributed by atoms with van der Waals surface area (Å²) in [7, 11) is 0. The number of hydrogen-bond acceptors (Lipinski definition) is 3. The standard InChI is InChI=1S/C16H23N3S/c1-9-5-10(2)19-16(14(9)15(17)20)18-8-13-7-11-3-4-12(13)6-11/h5,11-13H,3-4,6-8H2,1-2H3,(H2,17,20)(H,18,19). The van der Waals surface area contributed by atoms with Gasteiger partial charge in [0.1, 0.15) is 10.8 Å². The van der Waals surface area contributed by atoms with Gasteiger partial charge in [0, 0.05) is 12.2 Å². The molecule has 0 aromatic carbocycles. The molecule has 1 aromatic rings. The molecule has 2 fully saturated rings. The Morgan fingerprint density at radius 3 is 2.80 bits per heavy atom. The van der Waals surface area contributed by atoms with Gasteiger partial charge < -0.3 is 11.1 Å². The second kappa shape index (κ2) is 5.32. The fraction of sp³-hybridized carbons (Fsp3) is 0.625. The maximum atomic E-state index is 5.86. The summed E-state index contributed by atoms with van der Waals surface area (Å²) < 4.78 is 0. The minimum atomic E-state index is 0.436. The first-order valence-electron chi connectivity index (χ1n) is 7.56. The van der Waals surface area contributed by atoms with Crippen molar-refractivity contribution in [3.05, 3.63) is 22.9 Å². The van der Waals surface area contributed by atoms with Crippen LogP contribution in [0.3, 0.4) is 0 Å². The average Bonchev–Trinajstić information content (AvgIpc) is 2.96. The summed E-state index contributed by atoms with van der Waals surface area (Å²) in [5, 5.41) is 3.52. The van der Waals surface area contributed by atoms with E-state index in [9.17, 15) is 0 Å². The van der Waals surface area contributed by atoms with Crippen LogP contribution in [0.1, 0.15) is 42.5 Å². The first-order valence-corrected chi connectivity index (χ1v) is 7.97. The number of nitrogens with one attached hydrogen (secondary N) is 1. The van der Waals surface area contributed by atoms with Crippen LogP contribution in [0, 0.1) is 31.6 Å². The van der Waals surface area contributed by atoms with Crippen LogP contribution in [0.2, 0.25) is 0 Å². The van der Waals surface area contributed by atoms with Gasteiger partial charge in [-0.2, -0.15) is 0 Å². The molecule has 0 aliphatic heterocycles. The number of aryl methyl sites for hydroxylation is 2. The minimum absolute atomic E-state index is 0.436. The first-order chi connectivity index (χ1) is 9.54. The van der Waals surface area contributed by atoms with E-state index >= 15 is 0 Å². The molecule has 2 aliphatic rings. The van der Waals surface area contributed by atoms with Gasteiger partial charge in [0.2, 0.25) is 0 Å². The Bertz CT molecular complexity index is 541. The van der Waals surface area contributed by atoms with Crippen molar-refractivity contribution in [3.63, 3.8) is 0 Å². The van der Waals surface area contributed by atoms with E-state index in [1.807, 2.05) is 19.9 Å². The van der Waals surface area contributed by atoms with Crippen LogP contribution in [0.4, 0.5) is 5.82 Å². The molecule has 1 aromatic heterocycles. The van der Waals surface area contributed by atoms with Crippen molar-refractivity contribution >= 4 is 23.0 Å². The second-order valence-electron chi connectivity index (χ2n) is 6.48. The van der Waals surface area contributed by atoms with E-state index in [-0.39, 0.29) is 0 Å². The third-order valence-corrected chi connectivity index (χ3v) is 5.21. The number of rotatable bonds is 4. The zero-order chi connectivity index (χ0) is 14.3. The van der Waals surface area contributed by atoms with E-state index in [1.54, 1.807) is 0 Å². The number of fused-ring (bicyclic) bond motifs is 2. The molecule has 0 spiro atoms. The highest BCUT2D eigenvalue weighted by Crippen LogP contribution is 2.48. The van der Waals surface area contributed by atoms with Crippen molar-refractivity contribution in [2.45, 2.75) is 39.5 Å². The van der Waals surface area contributed by atoms with Gasteiger partial charge in [0.05, 0.1) is 5.56 Å². The topological polar surface area (TPSA) is 50.9 Å². The van der Waals surface area contributed by atoms with Crippen LogP contribution in [0.25, 0.3) is 0 Å². The van der Waals surface area contributed by atoms with Gasteiger partial charge in [-0.3, -0.25) is 0 Å². The summed E-state index contributed by atoms with van der Waals surface area (Å²) in [6.07, 6.45) is 5.68. The molecule has 1 heterocycles. The third-order valence-electron chi connectivity index (χ3n) is 5.01. The molecule has 0 amide bonds. The molecule has 2 saturated carbocycles. The lowest BCUT2D eigenvalue weighted by Gasteiger charge is -2.23. The number of anilines is 1. The monoisotopic (exact) mass is 289 g/mol. The fourth-order valence-corrected chi connectivity index (χ4v) is 4.39. The summed E-state index contributed by atoms with van der Waals surface area (Å²) in [6, 6.07) is 2.04.